The molecule has 35 heavy (non-hydrogen) atoms. The molecule has 7 heteroatoms. The maximum Gasteiger partial charge on any atom is 0.222 e. The second kappa shape index (κ2) is 10.4. The quantitative estimate of drug-likeness (QED) is 0.466. The molecule has 2 fully saturated rings. The molecule has 0 saturated carbocycles. The molecule has 0 spiro atoms. The molecule has 184 valence electrons. The second-order valence-corrected chi connectivity index (χ2v) is 11.4. The Labute approximate surface area is 220 Å². The van der Waals surface area contributed by atoms with Gasteiger partial charge in [0.05, 0.1) is 5.69 Å². The Bertz CT molecular complexity index is 1100. The Morgan fingerprint density at radius 3 is 2.40 bits per heavy atom. The van der Waals surface area contributed by atoms with E-state index in [-0.39, 0.29) is 17.7 Å². The van der Waals surface area contributed by atoms with Crippen LogP contribution >= 0.6 is 27.5 Å². The number of likely N-dealkylation sites (tertiary alicyclic amines) is 2. The first-order valence-corrected chi connectivity index (χ1v) is 13.7. The van der Waals surface area contributed by atoms with Crippen molar-refractivity contribution in [2.75, 3.05) is 26.2 Å². The van der Waals surface area contributed by atoms with E-state index >= 15 is 0 Å². The van der Waals surface area contributed by atoms with Gasteiger partial charge in [0.15, 0.2) is 0 Å². The van der Waals surface area contributed by atoms with E-state index in [0.717, 1.165) is 78.2 Å². The van der Waals surface area contributed by atoms with Crippen LogP contribution in [0.3, 0.4) is 0 Å². The first kappa shape index (κ1) is 24.5. The Balaban J connectivity index is 1.28. The Hall–Kier alpha value is -2.18. The standard InChI is InChI=1S/C28H31BrClN3O2/c1-18(34)32-10-6-19(7-11-32)14-26(35)33-12-8-20(9-13-33)27-25-5-4-24(30)16-21(25)2-3-22-15-23(29)17-31-28(22)27/h2-5,15-17,19-20,27H,6-14H2,1H3/t27-/m0/s1. The van der Waals surface area contributed by atoms with E-state index in [1.807, 2.05) is 23.2 Å². The summed E-state index contributed by atoms with van der Waals surface area (Å²) in [6.45, 7) is 4.75. The number of rotatable bonds is 3. The Kier molecular flexibility index (Phi) is 7.31. The number of benzene rings is 1. The van der Waals surface area contributed by atoms with Crippen molar-refractivity contribution >= 4 is 51.5 Å². The third-order valence-electron chi connectivity index (χ3n) is 7.92. The monoisotopic (exact) mass is 555 g/mol. The normalized spacial score (nSPS) is 20.8. The lowest BCUT2D eigenvalue weighted by atomic mass is 9.76. The highest BCUT2D eigenvalue weighted by atomic mass is 79.9. The average Bonchev–Trinajstić information content (AvgIpc) is 3.00. The molecule has 2 aromatic rings. The molecule has 0 bridgehead atoms. The number of carbonyl (C=O) groups is 2. The van der Waals surface area contributed by atoms with Crippen LogP contribution in [0.4, 0.5) is 0 Å². The molecule has 2 saturated heterocycles. The van der Waals surface area contributed by atoms with E-state index in [4.69, 9.17) is 16.6 Å². The number of amides is 2. The fraction of sp³-hybridized carbons (Fsp3) is 0.464. The lowest BCUT2D eigenvalue weighted by molar-refractivity contribution is -0.134. The molecular weight excluding hydrogens is 526 g/mol. The van der Waals surface area contributed by atoms with E-state index < -0.39 is 0 Å². The molecule has 0 N–H and O–H groups in total. The summed E-state index contributed by atoms with van der Waals surface area (Å²) in [4.78, 5) is 33.5. The van der Waals surface area contributed by atoms with Gasteiger partial charge in [0, 0.05) is 61.1 Å². The van der Waals surface area contributed by atoms with Gasteiger partial charge in [0.25, 0.3) is 0 Å². The van der Waals surface area contributed by atoms with Crippen molar-refractivity contribution in [3.8, 4) is 0 Å². The molecule has 0 radical (unpaired) electrons. The van der Waals surface area contributed by atoms with Crippen LogP contribution in [-0.4, -0.2) is 52.8 Å². The molecule has 2 aliphatic heterocycles. The molecule has 3 aliphatic rings. The van der Waals surface area contributed by atoms with Gasteiger partial charge < -0.3 is 9.80 Å². The maximum atomic E-state index is 13.1. The predicted molar refractivity (Wildman–Crippen MR) is 143 cm³/mol. The number of fused-ring (bicyclic) bond motifs is 2. The van der Waals surface area contributed by atoms with Crippen molar-refractivity contribution in [1.29, 1.82) is 0 Å². The summed E-state index contributed by atoms with van der Waals surface area (Å²) in [6, 6.07) is 8.30. The summed E-state index contributed by atoms with van der Waals surface area (Å²) in [5.74, 6) is 1.37. The van der Waals surface area contributed by atoms with E-state index in [2.05, 4.69) is 45.1 Å². The van der Waals surface area contributed by atoms with Crippen molar-refractivity contribution < 1.29 is 9.59 Å². The highest BCUT2D eigenvalue weighted by Gasteiger charge is 2.35. The summed E-state index contributed by atoms with van der Waals surface area (Å²) in [7, 11) is 0. The fourth-order valence-corrected chi connectivity index (χ4v) is 6.48. The molecule has 1 aromatic carbocycles. The Morgan fingerprint density at radius 1 is 1.00 bits per heavy atom. The number of piperidine rings is 2. The van der Waals surface area contributed by atoms with Crippen LogP contribution in [0.25, 0.3) is 12.2 Å². The molecule has 5 rings (SSSR count). The third kappa shape index (κ3) is 5.34. The van der Waals surface area contributed by atoms with Crippen LogP contribution < -0.4 is 0 Å². The maximum absolute atomic E-state index is 13.1. The Morgan fingerprint density at radius 2 is 1.69 bits per heavy atom. The van der Waals surface area contributed by atoms with Crippen LogP contribution in [0.1, 0.15) is 67.3 Å². The van der Waals surface area contributed by atoms with Gasteiger partial charge in [0.2, 0.25) is 11.8 Å². The summed E-state index contributed by atoms with van der Waals surface area (Å²) >= 11 is 9.91. The minimum absolute atomic E-state index is 0.137. The molecule has 1 aliphatic carbocycles. The van der Waals surface area contributed by atoms with Gasteiger partial charge in [0.1, 0.15) is 0 Å². The van der Waals surface area contributed by atoms with Crippen LogP contribution in [0, 0.1) is 11.8 Å². The van der Waals surface area contributed by atoms with Crippen molar-refractivity contribution in [2.45, 2.75) is 44.9 Å². The highest BCUT2D eigenvalue weighted by molar-refractivity contribution is 9.10. The molecule has 3 heterocycles. The topological polar surface area (TPSA) is 53.5 Å². The second-order valence-electron chi connectivity index (χ2n) is 10.1. The summed E-state index contributed by atoms with van der Waals surface area (Å²) < 4.78 is 0.971. The van der Waals surface area contributed by atoms with Gasteiger partial charge in [-0.15, -0.1) is 0 Å². The SMILES string of the molecule is CC(=O)N1CCC(CC(=O)N2CCC([C@H]3c4ccc(Cl)cc4C=Cc4cc(Br)cnc43)CC2)CC1. The summed E-state index contributed by atoms with van der Waals surface area (Å²) in [5, 5.41) is 0.738. The largest absolute Gasteiger partial charge is 0.343 e. The number of nitrogens with zero attached hydrogens (tertiary/aromatic N) is 3. The van der Waals surface area contributed by atoms with Gasteiger partial charge in [-0.2, -0.15) is 0 Å². The van der Waals surface area contributed by atoms with Crippen LogP contribution in [0.5, 0.6) is 0 Å². The third-order valence-corrected chi connectivity index (χ3v) is 8.59. The molecule has 1 atom stereocenters. The lowest BCUT2D eigenvalue weighted by Gasteiger charge is -2.38. The predicted octanol–water partition coefficient (Wildman–Crippen LogP) is 6.00. The minimum Gasteiger partial charge on any atom is -0.343 e. The smallest absolute Gasteiger partial charge is 0.222 e. The first-order chi connectivity index (χ1) is 16.9. The number of pyridine rings is 1. The van der Waals surface area contributed by atoms with Crippen molar-refractivity contribution in [3.63, 3.8) is 0 Å². The molecule has 2 amide bonds. The van der Waals surface area contributed by atoms with Crippen molar-refractivity contribution in [3.05, 3.63) is 62.3 Å². The average molecular weight is 557 g/mol. The van der Waals surface area contributed by atoms with Gasteiger partial charge in [-0.3, -0.25) is 14.6 Å². The van der Waals surface area contributed by atoms with Crippen LogP contribution in [-0.2, 0) is 9.59 Å². The number of hydrogen-bond donors (Lipinski definition) is 0. The van der Waals surface area contributed by atoms with Gasteiger partial charge >= 0.3 is 0 Å². The highest BCUT2D eigenvalue weighted by Crippen LogP contribution is 2.43. The van der Waals surface area contributed by atoms with E-state index in [0.29, 0.717) is 18.3 Å². The number of carbonyl (C=O) groups excluding carboxylic acids is 2. The number of aromatic nitrogens is 1. The van der Waals surface area contributed by atoms with Gasteiger partial charge in [-0.25, -0.2) is 0 Å². The zero-order valence-electron chi connectivity index (χ0n) is 20.1. The van der Waals surface area contributed by atoms with Crippen LogP contribution in [0.15, 0.2) is 34.9 Å². The molecule has 1 aromatic heterocycles. The van der Waals surface area contributed by atoms with Crippen molar-refractivity contribution in [2.24, 2.45) is 11.8 Å². The van der Waals surface area contributed by atoms with E-state index in [1.165, 1.54) is 5.56 Å². The number of hydrogen-bond acceptors (Lipinski definition) is 3. The zero-order chi connectivity index (χ0) is 24.5. The van der Waals surface area contributed by atoms with Crippen molar-refractivity contribution in [1.82, 2.24) is 14.8 Å². The minimum atomic E-state index is 0.137. The van der Waals surface area contributed by atoms with Crippen LogP contribution in [0.2, 0.25) is 5.02 Å². The molecule has 0 unspecified atom stereocenters. The van der Waals surface area contributed by atoms with Gasteiger partial charge in [-0.1, -0.05) is 29.8 Å². The summed E-state index contributed by atoms with van der Waals surface area (Å²) in [5.41, 5.74) is 4.65. The number of halogens is 2. The fourth-order valence-electron chi connectivity index (χ4n) is 5.95. The molecule has 5 nitrogen and oxygen atoms in total. The lowest BCUT2D eigenvalue weighted by Crippen LogP contribution is -2.42. The molecular formula is C28H31BrClN3O2. The zero-order valence-corrected chi connectivity index (χ0v) is 22.4. The first-order valence-electron chi connectivity index (χ1n) is 12.6. The van der Waals surface area contributed by atoms with E-state index in [1.54, 1.807) is 6.92 Å². The van der Waals surface area contributed by atoms with E-state index in [9.17, 15) is 9.59 Å². The van der Waals surface area contributed by atoms with Gasteiger partial charge in [-0.05, 0) is 88.3 Å². The summed E-state index contributed by atoms with van der Waals surface area (Å²) in [6.07, 6.45) is 10.5.